The molecule has 4 heteroatoms. The molecule has 0 saturated heterocycles. The molecule has 1 rings (SSSR count). The van der Waals surface area contributed by atoms with Crippen molar-refractivity contribution in [3.63, 3.8) is 0 Å². The third-order valence-corrected chi connectivity index (χ3v) is 3.31. The van der Waals surface area contributed by atoms with E-state index in [0.717, 1.165) is 26.1 Å². The SMILES string of the molecule is CCOC(CNCC1(CCOC)CC1)OCC. The molecule has 1 aliphatic rings. The fraction of sp³-hybridized carbons (Fsp3) is 1.00. The summed E-state index contributed by atoms with van der Waals surface area (Å²) in [5, 5.41) is 3.46. The molecule has 102 valence electrons. The number of rotatable bonds is 11. The van der Waals surface area contributed by atoms with Gasteiger partial charge in [0.15, 0.2) is 6.29 Å². The summed E-state index contributed by atoms with van der Waals surface area (Å²) in [6.45, 7) is 8.06. The van der Waals surface area contributed by atoms with E-state index in [0.29, 0.717) is 18.6 Å². The summed E-state index contributed by atoms with van der Waals surface area (Å²) >= 11 is 0. The molecule has 0 aromatic carbocycles. The van der Waals surface area contributed by atoms with Crippen LogP contribution in [0.3, 0.4) is 0 Å². The van der Waals surface area contributed by atoms with E-state index in [1.54, 1.807) is 7.11 Å². The normalized spacial score (nSPS) is 17.6. The van der Waals surface area contributed by atoms with Gasteiger partial charge < -0.3 is 19.5 Å². The molecule has 4 nitrogen and oxygen atoms in total. The van der Waals surface area contributed by atoms with Crippen LogP contribution in [0, 0.1) is 5.41 Å². The molecule has 1 aliphatic carbocycles. The van der Waals surface area contributed by atoms with Crippen LogP contribution in [-0.4, -0.2) is 46.3 Å². The molecule has 17 heavy (non-hydrogen) atoms. The second-order valence-corrected chi connectivity index (χ2v) is 4.71. The van der Waals surface area contributed by atoms with Crippen molar-refractivity contribution in [2.75, 3.05) is 40.0 Å². The Kier molecular flexibility index (Phi) is 7.04. The zero-order valence-corrected chi connectivity index (χ0v) is 11.5. The minimum Gasteiger partial charge on any atom is -0.385 e. The lowest BCUT2D eigenvalue weighted by Gasteiger charge is -2.20. The van der Waals surface area contributed by atoms with Gasteiger partial charge in [0.2, 0.25) is 0 Å². The Morgan fingerprint density at radius 2 is 1.82 bits per heavy atom. The maximum atomic E-state index is 5.49. The van der Waals surface area contributed by atoms with Crippen LogP contribution in [0.1, 0.15) is 33.1 Å². The van der Waals surface area contributed by atoms with Gasteiger partial charge in [-0.1, -0.05) is 0 Å². The van der Waals surface area contributed by atoms with Crippen LogP contribution in [0.5, 0.6) is 0 Å². The Morgan fingerprint density at radius 1 is 1.18 bits per heavy atom. The summed E-state index contributed by atoms with van der Waals surface area (Å²) in [6.07, 6.45) is 3.68. The van der Waals surface area contributed by atoms with E-state index < -0.39 is 0 Å². The molecular weight excluding hydrogens is 218 g/mol. The van der Waals surface area contributed by atoms with Crippen molar-refractivity contribution in [1.82, 2.24) is 5.32 Å². The average molecular weight is 245 g/mol. The molecule has 1 saturated carbocycles. The van der Waals surface area contributed by atoms with Gasteiger partial charge in [-0.3, -0.25) is 0 Å². The van der Waals surface area contributed by atoms with Gasteiger partial charge in [0.05, 0.1) is 0 Å². The molecule has 0 radical (unpaired) electrons. The third-order valence-electron chi connectivity index (χ3n) is 3.31. The largest absolute Gasteiger partial charge is 0.385 e. The van der Waals surface area contributed by atoms with Gasteiger partial charge in [0.25, 0.3) is 0 Å². The minimum absolute atomic E-state index is 0.108. The Morgan fingerprint density at radius 3 is 2.29 bits per heavy atom. The molecule has 1 N–H and O–H groups in total. The molecule has 0 amide bonds. The molecule has 0 spiro atoms. The van der Waals surface area contributed by atoms with Crippen molar-refractivity contribution in [3.05, 3.63) is 0 Å². The number of ether oxygens (including phenoxy) is 3. The van der Waals surface area contributed by atoms with Gasteiger partial charge in [0.1, 0.15) is 0 Å². The average Bonchev–Trinajstić information content (AvgIpc) is 3.08. The Hall–Kier alpha value is -0.160. The Bertz CT molecular complexity index is 189. The maximum absolute atomic E-state index is 5.49. The zero-order chi connectivity index (χ0) is 12.6. The number of nitrogens with one attached hydrogen (secondary N) is 1. The van der Waals surface area contributed by atoms with Gasteiger partial charge >= 0.3 is 0 Å². The first-order valence-electron chi connectivity index (χ1n) is 6.69. The molecule has 0 bridgehead atoms. The van der Waals surface area contributed by atoms with E-state index in [1.165, 1.54) is 12.8 Å². The van der Waals surface area contributed by atoms with Crippen LogP contribution in [0.2, 0.25) is 0 Å². The topological polar surface area (TPSA) is 39.7 Å². The van der Waals surface area contributed by atoms with Crippen molar-refractivity contribution in [2.45, 2.75) is 39.4 Å². The van der Waals surface area contributed by atoms with E-state index in [4.69, 9.17) is 14.2 Å². The second-order valence-electron chi connectivity index (χ2n) is 4.71. The van der Waals surface area contributed by atoms with Gasteiger partial charge in [-0.25, -0.2) is 0 Å². The first-order chi connectivity index (χ1) is 8.26. The van der Waals surface area contributed by atoms with Gasteiger partial charge in [0, 0.05) is 40.0 Å². The van der Waals surface area contributed by atoms with E-state index in [9.17, 15) is 0 Å². The highest BCUT2D eigenvalue weighted by Crippen LogP contribution is 2.48. The summed E-state index contributed by atoms with van der Waals surface area (Å²) in [5.74, 6) is 0. The quantitative estimate of drug-likeness (QED) is 0.563. The highest BCUT2D eigenvalue weighted by Gasteiger charge is 2.41. The van der Waals surface area contributed by atoms with Crippen molar-refractivity contribution in [1.29, 1.82) is 0 Å². The van der Waals surface area contributed by atoms with Gasteiger partial charge in [-0.15, -0.1) is 0 Å². The summed E-state index contributed by atoms with van der Waals surface area (Å²) in [7, 11) is 1.77. The highest BCUT2D eigenvalue weighted by atomic mass is 16.7. The van der Waals surface area contributed by atoms with E-state index >= 15 is 0 Å². The van der Waals surface area contributed by atoms with Crippen LogP contribution in [0.15, 0.2) is 0 Å². The van der Waals surface area contributed by atoms with E-state index in [1.807, 2.05) is 13.8 Å². The molecule has 0 aliphatic heterocycles. The van der Waals surface area contributed by atoms with Crippen LogP contribution >= 0.6 is 0 Å². The predicted octanol–water partition coefficient (Wildman–Crippen LogP) is 1.79. The van der Waals surface area contributed by atoms with Crippen molar-refractivity contribution in [2.24, 2.45) is 5.41 Å². The molecule has 1 fully saturated rings. The second kappa shape index (κ2) is 8.03. The van der Waals surface area contributed by atoms with Crippen LogP contribution < -0.4 is 5.32 Å². The first-order valence-corrected chi connectivity index (χ1v) is 6.69. The maximum Gasteiger partial charge on any atom is 0.169 e. The number of hydrogen-bond donors (Lipinski definition) is 1. The zero-order valence-electron chi connectivity index (χ0n) is 11.5. The molecule has 0 unspecified atom stereocenters. The molecule has 0 atom stereocenters. The molecule has 0 aromatic heterocycles. The van der Waals surface area contributed by atoms with Gasteiger partial charge in [-0.05, 0) is 38.5 Å². The van der Waals surface area contributed by atoms with Crippen molar-refractivity contribution in [3.8, 4) is 0 Å². The van der Waals surface area contributed by atoms with Crippen LogP contribution in [0.25, 0.3) is 0 Å². The lowest BCUT2D eigenvalue weighted by Crippen LogP contribution is -2.35. The van der Waals surface area contributed by atoms with Crippen LogP contribution in [-0.2, 0) is 14.2 Å². The number of methoxy groups -OCH3 is 1. The molecular formula is C13H27NO3. The van der Waals surface area contributed by atoms with E-state index in [2.05, 4.69) is 5.32 Å². The summed E-state index contributed by atoms with van der Waals surface area (Å²) < 4.78 is 16.1. The predicted molar refractivity (Wildman–Crippen MR) is 68.1 cm³/mol. The fourth-order valence-electron chi connectivity index (χ4n) is 2.00. The monoisotopic (exact) mass is 245 g/mol. The lowest BCUT2D eigenvalue weighted by atomic mass is 10.0. The standard InChI is InChI=1S/C13H27NO3/c1-4-16-12(17-5-2)10-14-11-13(6-7-13)8-9-15-3/h12,14H,4-11H2,1-3H3. The first kappa shape index (κ1) is 14.9. The Labute approximate surface area is 105 Å². The van der Waals surface area contributed by atoms with E-state index in [-0.39, 0.29) is 6.29 Å². The summed E-state index contributed by atoms with van der Waals surface area (Å²) in [5.41, 5.74) is 0.485. The van der Waals surface area contributed by atoms with Gasteiger partial charge in [-0.2, -0.15) is 0 Å². The number of hydrogen-bond acceptors (Lipinski definition) is 4. The van der Waals surface area contributed by atoms with Crippen molar-refractivity contribution >= 4 is 0 Å². The lowest BCUT2D eigenvalue weighted by molar-refractivity contribution is -0.133. The van der Waals surface area contributed by atoms with Crippen LogP contribution in [0.4, 0.5) is 0 Å². The van der Waals surface area contributed by atoms with Crippen molar-refractivity contribution < 1.29 is 14.2 Å². The third kappa shape index (κ3) is 5.82. The highest BCUT2D eigenvalue weighted by molar-refractivity contribution is 4.94. The smallest absolute Gasteiger partial charge is 0.169 e. The fourth-order valence-corrected chi connectivity index (χ4v) is 2.00. The molecule has 0 heterocycles. The minimum atomic E-state index is -0.108. The summed E-state index contributed by atoms with van der Waals surface area (Å²) in [4.78, 5) is 0. The molecule has 0 aromatic rings. The Balaban J connectivity index is 2.12. The summed E-state index contributed by atoms with van der Waals surface area (Å²) in [6, 6.07) is 0.